The molecule has 0 heterocycles. The average Bonchev–Trinajstić information content (AvgIpc) is 3.50. The van der Waals surface area contributed by atoms with Crippen LogP contribution in [0.15, 0.2) is 133 Å². The van der Waals surface area contributed by atoms with Gasteiger partial charge in [-0.05, 0) is 5.92 Å². The Bertz CT molecular complexity index is 1240. The van der Waals surface area contributed by atoms with Crippen LogP contribution in [0.3, 0.4) is 0 Å². The fourth-order valence-electron chi connectivity index (χ4n) is 4.00. The third kappa shape index (κ3) is 7.27. The van der Waals surface area contributed by atoms with Crippen molar-refractivity contribution in [3.05, 3.63) is 170 Å². The van der Waals surface area contributed by atoms with E-state index in [1.165, 1.54) is 32.7 Å². The second-order valence-corrected chi connectivity index (χ2v) is 8.53. The largest absolute Gasteiger partial charge is 4.00 e. The van der Waals surface area contributed by atoms with Crippen molar-refractivity contribution in [2.45, 2.75) is 12.8 Å². The topological polar surface area (TPSA) is 0 Å². The number of hydrogen-bond donors (Lipinski definition) is 0. The van der Waals surface area contributed by atoms with Gasteiger partial charge in [-0.25, -0.2) is 0 Å². The molecule has 0 unspecified atom stereocenters. The van der Waals surface area contributed by atoms with Crippen molar-refractivity contribution in [1.29, 1.82) is 0 Å². The van der Waals surface area contributed by atoms with E-state index in [0.717, 1.165) is 11.1 Å². The predicted molar refractivity (Wildman–Crippen MR) is 148 cm³/mol. The Kier molecular flexibility index (Phi) is 9.61. The van der Waals surface area contributed by atoms with Gasteiger partial charge in [0.15, 0.2) is 0 Å². The monoisotopic (exact) mass is 486 g/mol. The van der Waals surface area contributed by atoms with Crippen LogP contribution >= 0.6 is 0 Å². The van der Waals surface area contributed by atoms with Gasteiger partial charge in [0.1, 0.15) is 0 Å². The molecule has 0 saturated carbocycles. The van der Waals surface area contributed by atoms with Crippen molar-refractivity contribution >= 4 is 21.5 Å². The summed E-state index contributed by atoms with van der Waals surface area (Å²) in [6.07, 6.45) is 0. The van der Waals surface area contributed by atoms with Gasteiger partial charge in [0.2, 0.25) is 0 Å². The minimum Gasteiger partial charge on any atom is -0.199 e. The molecule has 1 heteroatoms. The second kappa shape index (κ2) is 12.9. The molecule has 0 radical (unpaired) electrons. The first-order chi connectivity index (χ1) is 16.6. The molecule has 6 aromatic rings. The molecule has 0 aliphatic heterocycles. The zero-order valence-corrected chi connectivity index (χ0v) is 21.8. The van der Waals surface area contributed by atoms with Crippen LogP contribution in [0.4, 0.5) is 0 Å². The van der Waals surface area contributed by atoms with Crippen molar-refractivity contribution in [3.8, 4) is 0 Å². The van der Waals surface area contributed by atoms with Crippen molar-refractivity contribution < 1.29 is 21.7 Å². The fraction of sp³-hybridized carbons (Fsp3) is 0.0588. The molecule has 6 rings (SSSR count). The van der Waals surface area contributed by atoms with Crippen LogP contribution in [0, 0.1) is 13.8 Å². The van der Waals surface area contributed by atoms with Crippen LogP contribution in [0.5, 0.6) is 0 Å². The van der Waals surface area contributed by atoms with E-state index in [4.69, 9.17) is 0 Å². The van der Waals surface area contributed by atoms with Gasteiger partial charge in [-0.15, -0.1) is 105 Å². The Balaban J connectivity index is 0.000000188. The molecule has 0 aliphatic carbocycles. The Morgan fingerprint density at radius 1 is 0.514 bits per heavy atom. The molecule has 0 N–H and O–H groups in total. The van der Waals surface area contributed by atoms with Gasteiger partial charge in [-0.3, -0.25) is 0 Å². The van der Waals surface area contributed by atoms with Crippen LogP contribution in [0.25, 0.3) is 21.5 Å². The van der Waals surface area contributed by atoms with Crippen LogP contribution in [-0.2, 0) is 21.7 Å². The van der Waals surface area contributed by atoms with E-state index in [2.05, 4.69) is 93.6 Å². The van der Waals surface area contributed by atoms with Crippen LogP contribution in [0.2, 0.25) is 0 Å². The van der Waals surface area contributed by atoms with Crippen molar-refractivity contribution in [2.75, 3.05) is 0 Å². The summed E-state index contributed by atoms with van der Waals surface area (Å²) in [6.45, 7) is 9.74. The van der Waals surface area contributed by atoms with Gasteiger partial charge in [-0.1, -0.05) is 31.2 Å². The normalized spacial score (nSPS) is 10.1. The minimum atomic E-state index is 0. The Hall–Kier alpha value is -3.45. The van der Waals surface area contributed by atoms with Gasteiger partial charge in [-0.2, -0.15) is 61.4 Å². The quantitative estimate of drug-likeness (QED) is 0.169. The standard InChI is InChI=1S/C20H16.2C7H7.Ti/c1-14(19-10-15-6-2-3-7-16(15)11-19)20-12-17-8-4-5-9-18(17)13-20;2*1-7-5-3-2-4-6-7;/h2-14H,1H3;2*2-6H,1H2;/q-2;2*-1;+4. The Labute approximate surface area is 224 Å². The number of rotatable bonds is 2. The van der Waals surface area contributed by atoms with Gasteiger partial charge < -0.3 is 0 Å². The van der Waals surface area contributed by atoms with Gasteiger partial charge in [0, 0.05) is 0 Å². The van der Waals surface area contributed by atoms with E-state index in [1.54, 1.807) is 0 Å². The molecule has 0 nitrogen and oxygen atoms in total. The molecule has 0 spiro atoms. The van der Waals surface area contributed by atoms with E-state index in [-0.39, 0.29) is 21.7 Å². The van der Waals surface area contributed by atoms with Crippen molar-refractivity contribution in [1.82, 2.24) is 0 Å². The number of benzene rings is 4. The Morgan fingerprint density at radius 2 is 0.857 bits per heavy atom. The smallest absolute Gasteiger partial charge is 0.199 e. The van der Waals surface area contributed by atoms with Crippen LogP contribution in [-0.4, -0.2) is 0 Å². The summed E-state index contributed by atoms with van der Waals surface area (Å²) >= 11 is 0. The molecule has 0 amide bonds. The zero-order valence-electron chi connectivity index (χ0n) is 20.2. The summed E-state index contributed by atoms with van der Waals surface area (Å²) < 4.78 is 0. The molecule has 0 bridgehead atoms. The summed E-state index contributed by atoms with van der Waals surface area (Å²) in [5.41, 5.74) is 4.95. The molecule has 0 aromatic heterocycles. The number of hydrogen-bond acceptors (Lipinski definition) is 0. The summed E-state index contributed by atoms with van der Waals surface area (Å²) in [7, 11) is 0. The van der Waals surface area contributed by atoms with Gasteiger partial charge in [0.25, 0.3) is 0 Å². The third-order valence-corrected chi connectivity index (χ3v) is 5.97. The van der Waals surface area contributed by atoms with Crippen molar-refractivity contribution in [3.63, 3.8) is 0 Å². The number of fused-ring (bicyclic) bond motifs is 2. The van der Waals surface area contributed by atoms with E-state index in [9.17, 15) is 0 Å². The molecule has 0 atom stereocenters. The van der Waals surface area contributed by atoms with Crippen LogP contribution < -0.4 is 0 Å². The van der Waals surface area contributed by atoms with Gasteiger partial charge >= 0.3 is 21.7 Å². The maximum atomic E-state index is 3.72. The predicted octanol–water partition coefficient (Wildman–Crippen LogP) is 9.32. The maximum Gasteiger partial charge on any atom is 4.00 e. The molecule has 6 aromatic carbocycles. The fourth-order valence-corrected chi connectivity index (χ4v) is 4.00. The van der Waals surface area contributed by atoms with Gasteiger partial charge in [0.05, 0.1) is 0 Å². The molecular formula is C34H30Ti. The molecule has 35 heavy (non-hydrogen) atoms. The maximum absolute atomic E-state index is 3.72. The molecule has 0 aliphatic rings. The van der Waals surface area contributed by atoms with E-state index in [1.807, 2.05) is 60.7 Å². The van der Waals surface area contributed by atoms with E-state index in [0.29, 0.717) is 5.92 Å². The molecule has 170 valence electrons. The first-order valence-electron chi connectivity index (χ1n) is 11.6. The van der Waals surface area contributed by atoms with Crippen molar-refractivity contribution in [2.24, 2.45) is 0 Å². The summed E-state index contributed by atoms with van der Waals surface area (Å²) in [6, 6.07) is 46.2. The molecule has 0 fully saturated rings. The summed E-state index contributed by atoms with van der Waals surface area (Å²) in [5, 5.41) is 5.35. The van der Waals surface area contributed by atoms with E-state index < -0.39 is 0 Å². The first kappa shape index (κ1) is 26.2. The molecule has 0 saturated heterocycles. The first-order valence-corrected chi connectivity index (χ1v) is 11.6. The Morgan fingerprint density at radius 3 is 1.17 bits per heavy atom. The summed E-state index contributed by atoms with van der Waals surface area (Å²) in [4.78, 5) is 0. The third-order valence-electron chi connectivity index (χ3n) is 5.97. The molecular weight excluding hydrogens is 456 g/mol. The average molecular weight is 486 g/mol. The zero-order chi connectivity index (χ0) is 23.8. The summed E-state index contributed by atoms with van der Waals surface area (Å²) in [5.74, 6) is 0.440. The SMILES string of the molecule is CC(c1cc2ccccc2[cH-]1)c1cc2ccccc2[cH-]1.[CH2-]c1ccccc1.[CH2-]c1ccccc1.[Ti+4]. The van der Waals surface area contributed by atoms with E-state index >= 15 is 0 Å². The van der Waals surface area contributed by atoms with Crippen LogP contribution in [0.1, 0.15) is 35.1 Å². The second-order valence-electron chi connectivity index (χ2n) is 8.53. The minimum absolute atomic E-state index is 0.